The van der Waals surface area contributed by atoms with Gasteiger partial charge in [0.2, 0.25) is 0 Å². The van der Waals surface area contributed by atoms with Crippen LogP contribution in [0.15, 0.2) is 24.3 Å². The second kappa shape index (κ2) is 6.56. The summed E-state index contributed by atoms with van der Waals surface area (Å²) < 4.78 is 15.5. The molecule has 0 amide bonds. The first-order valence-electron chi connectivity index (χ1n) is 4.29. The van der Waals surface area contributed by atoms with Gasteiger partial charge in [-0.05, 0) is 24.3 Å². The lowest BCUT2D eigenvalue weighted by molar-refractivity contribution is 0.146. The summed E-state index contributed by atoms with van der Waals surface area (Å²) in [7, 11) is 1.65. The van der Waals surface area contributed by atoms with Gasteiger partial charge in [0.1, 0.15) is 18.1 Å². The monoisotopic (exact) mass is 214 g/mol. The van der Waals surface area contributed by atoms with Crippen molar-refractivity contribution in [2.45, 2.75) is 0 Å². The molecule has 0 radical (unpaired) electrons. The van der Waals surface area contributed by atoms with Gasteiger partial charge in [-0.25, -0.2) is 0 Å². The molecule has 0 N–H and O–H groups in total. The van der Waals surface area contributed by atoms with Crippen molar-refractivity contribution in [3.63, 3.8) is 0 Å². The van der Waals surface area contributed by atoms with Crippen LogP contribution < -0.4 is 8.92 Å². The fourth-order valence-corrected chi connectivity index (χ4v) is 1.23. The van der Waals surface area contributed by atoms with Crippen LogP contribution in [0.4, 0.5) is 0 Å². The van der Waals surface area contributed by atoms with E-state index in [1.807, 2.05) is 30.5 Å². The average molecular weight is 214 g/mol. The van der Waals surface area contributed by atoms with E-state index in [9.17, 15) is 0 Å². The van der Waals surface area contributed by atoms with Crippen LogP contribution in [0, 0.1) is 0 Å². The van der Waals surface area contributed by atoms with E-state index < -0.39 is 0 Å². The van der Waals surface area contributed by atoms with Crippen molar-refractivity contribution >= 4 is 12.0 Å². The van der Waals surface area contributed by atoms with Crippen LogP contribution in [0.1, 0.15) is 0 Å². The highest BCUT2D eigenvalue weighted by Crippen LogP contribution is 2.19. The zero-order valence-electron chi connectivity index (χ0n) is 8.36. The van der Waals surface area contributed by atoms with Crippen LogP contribution >= 0.6 is 12.0 Å². The van der Waals surface area contributed by atoms with Gasteiger partial charge >= 0.3 is 0 Å². The van der Waals surface area contributed by atoms with Crippen molar-refractivity contribution in [1.82, 2.24) is 0 Å². The molecule has 14 heavy (non-hydrogen) atoms. The normalized spacial score (nSPS) is 9.86. The maximum Gasteiger partial charge on any atom is 0.137 e. The highest BCUT2D eigenvalue weighted by molar-refractivity contribution is 7.94. The number of hydrogen-bond donors (Lipinski definition) is 0. The number of ether oxygens (including phenoxy) is 2. The molecule has 0 heterocycles. The SMILES string of the molecule is COCCOc1ccc(OSC)cc1. The largest absolute Gasteiger partial charge is 0.491 e. The lowest BCUT2D eigenvalue weighted by Gasteiger charge is -2.06. The maximum atomic E-state index is 5.39. The Morgan fingerprint density at radius 2 is 1.71 bits per heavy atom. The van der Waals surface area contributed by atoms with E-state index in [2.05, 4.69) is 0 Å². The van der Waals surface area contributed by atoms with E-state index in [0.29, 0.717) is 13.2 Å². The third-order valence-corrected chi connectivity index (χ3v) is 1.92. The molecule has 0 atom stereocenters. The second-order valence-corrected chi connectivity index (χ2v) is 3.06. The van der Waals surface area contributed by atoms with Crippen molar-refractivity contribution in [2.24, 2.45) is 0 Å². The summed E-state index contributed by atoms with van der Waals surface area (Å²) in [4.78, 5) is 0. The standard InChI is InChI=1S/C10H14O3S/c1-11-7-8-12-9-3-5-10(6-4-9)13-14-2/h3-6H,7-8H2,1-2H3. The van der Waals surface area contributed by atoms with Crippen molar-refractivity contribution in [2.75, 3.05) is 26.6 Å². The topological polar surface area (TPSA) is 27.7 Å². The van der Waals surface area contributed by atoms with Gasteiger partial charge in [-0.1, -0.05) is 0 Å². The van der Waals surface area contributed by atoms with Crippen molar-refractivity contribution in [3.8, 4) is 11.5 Å². The second-order valence-electron chi connectivity index (χ2n) is 2.56. The third-order valence-electron chi connectivity index (χ3n) is 1.56. The number of benzene rings is 1. The van der Waals surface area contributed by atoms with Gasteiger partial charge < -0.3 is 13.7 Å². The number of methoxy groups -OCH3 is 1. The predicted molar refractivity (Wildman–Crippen MR) is 58.0 cm³/mol. The Kier molecular flexibility index (Phi) is 5.25. The Morgan fingerprint density at radius 1 is 1.07 bits per heavy atom. The Bertz CT molecular complexity index is 248. The summed E-state index contributed by atoms with van der Waals surface area (Å²) in [6.45, 7) is 1.17. The predicted octanol–water partition coefficient (Wildman–Crippen LogP) is 2.37. The smallest absolute Gasteiger partial charge is 0.137 e. The maximum absolute atomic E-state index is 5.39. The van der Waals surface area contributed by atoms with Crippen LogP contribution in [0.3, 0.4) is 0 Å². The van der Waals surface area contributed by atoms with Crippen molar-refractivity contribution in [1.29, 1.82) is 0 Å². The first-order chi connectivity index (χ1) is 6.86. The van der Waals surface area contributed by atoms with E-state index in [4.69, 9.17) is 13.7 Å². The van der Waals surface area contributed by atoms with E-state index >= 15 is 0 Å². The minimum atomic E-state index is 0.569. The minimum Gasteiger partial charge on any atom is -0.491 e. The minimum absolute atomic E-state index is 0.569. The van der Waals surface area contributed by atoms with Gasteiger partial charge in [-0.3, -0.25) is 0 Å². The summed E-state index contributed by atoms with van der Waals surface area (Å²) in [6, 6.07) is 7.50. The zero-order chi connectivity index (χ0) is 10.2. The summed E-state index contributed by atoms with van der Waals surface area (Å²) in [5.74, 6) is 1.66. The molecule has 0 fully saturated rings. The molecule has 1 aromatic rings. The molecule has 0 spiro atoms. The molecule has 1 rings (SSSR count). The first-order valence-corrected chi connectivity index (χ1v) is 5.44. The Morgan fingerprint density at radius 3 is 2.29 bits per heavy atom. The molecule has 0 aliphatic carbocycles. The van der Waals surface area contributed by atoms with Crippen molar-refractivity contribution < 1.29 is 13.7 Å². The summed E-state index contributed by atoms with van der Waals surface area (Å²) in [5, 5.41) is 0. The Hall–Kier alpha value is -0.870. The molecule has 78 valence electrons. The van der Waals surface area contributed by atoms with Crippen LogP contribution in [0.5, 0.6) is 11.5 Å². The average Bonchev–Trinajstić information content (AvgIpc) is 2.21. The zero-order valence-corrected chi connectivity index (χ0v) is 9.17. The van der Waals surface area contributed by atoms with E-state index in [1.54, 1.807) is 7.11 Å². The molecule has 0 saturated heterocycles. The highest BCUT2D eigenvalue weighted by atomic mass is 32.2. The van der Waals surface area contributed by atoms with Gasteiger partial charge in [0.15, 0.2) is 0 Å². The van der Waals surface area contributed by atoms with Crippen molar-refractivity contribution in [3.05, 3.63) is 24.3 Å². The van der Waals surface area contributed by atoms with Gasteiger partial charge in [-0.2, -0.15) is 0 Å². The first kappa shape index (κ1) is 11.2. The molecular weight excluding hydrogens is 200 g/mol. The van der Waals surface area contributed by atoms with E-state index in [1.165, 1.54) is 12.0 Å². The van der Waals surface area contributed by atoms with Gasteiger partial charge in [0, 0.05) is 13.4 Å². The molecule has 0 aliphatic rings. The molecule has 0 unspecified atom stereocenters. The molecule has 0 saturated carbocycles. The Balaban J connectivity index is 2.38. The van der Waals surface area contributed by atoms with Gasteiger partial charge in [0.25, 0.3) is 0 Å². The highest BCUT2D eigenvalue weighted by Gasteiger charge is 1.95. The molecular formula is C10H14O3S. The lowest BCUT2D eigenvalue weighted by Crippen LogP contribution is -2.03. The third kappa shape index (κ3) is 3.89. The molecule has 0 aliphatic heterocycles. The van der Waals surface area contributed by atoms with E-state index in [0.717, 1.165) is 11.5 Å². The number of hydrogen-bond acceptors (Lipinski definition) is 4. The fourth-order valence-electron chi connectivity index (χ4n) is 0.931. The van der Waals surface area contributed by atoms with Crippen LogP contribution in [-0.4, -0.2) is 26.6 Å². The van der Waals surface area contributed by atoms with Gasteiger partial charge in [0.05, 0.1) is 18.6 Å². The molecule has 1 aromatic carbocycles. The fraction of sp³-hybridized carbons (Fsp3) is 0.400. The van der Waals surface area contributed by atoms with Crippen LogP contribution in [0.2, 0.25) is 0 Å². The molecule has 0 aromatic heterocycles. The summed E-state index contributed by atoms with van der Waals surface area (Å²) in [5.41, 5.74) is 0. The van der Waals surface area contributed by atoms with Crippen LogP contribution in [-0.2, 0) is 4.74 Å². The molecule has 3 nitrogen and oxygen atoms in total. The van der Waals surface area contributed by atoms with Crippen LogP contribution in [0.25, 0.3) is 0 Å². The quantitative estimate of drug-likeness (QED) is 0.536. The summed E-state index contributed by atoms with van der Waals surface area (Å²) >= 11 is 1.32. The molecule has 4 heteroatoms. The lowest BCUT2D eigenvalue weighted by atomic mass is 10.3. The molecule has 0 bridgehead atoms. The number of rotatable bonds is 6. The van der Waals surface area contributed by atoms with Gasteiger partial charge in [-0.15, -0.1) is 0 Å². The Labute approximate surface area is 88.6 Å². The van der Waals surface area contributed by atoms with E-state index in [-0.39, 0.29) is 0 Å². The summed E-state index contributed by atoms with van der Waals surface area (Å²) in [6.07, 6.45) is 1.88.